The van der Waals surface area contributed by atoms with Gasteiger partial charge in [0.15, 0.2) is 0 Å². The van der Waals surface area contributed by atoms with E-state index < -0.39 is 0 Å². The van der Waals surface area contributed by atoms with Crippen molar-refractivity contribution < 1.29 is 5.11 Å². The van der Waals surface area contributed by atoms with Crippen LogP contribution in [-0.4, -0.2) is 11.2 Å². The lowest BCUT2D eigenvalue weighted by Crippen LogP contribution is -2.05. The molecule has 64 valence electrons. The topological polar surface area (TPSA) is 20.2 Å². The van der Waals surface area contributed by atoms with Crippen LogP contribution in [0.1, 0.15) is 38.5 Å². The van der Waals surface area contributed by atoms with E-state index in [-0.39, 0.29) is 6.10 Å². The van der Waals surface area contributed by atoms with Crippen LogP contribution in [0.15, 0.2) is 10.6 Å². The van der Waals surface area contributed by atoms with Crippen molar-refractivity contribution in [2.45, 2.75) is 44.6 Å². The first-order valence-electron chi connectivity index (χ1n) is 4.34. The molecule has 1 N–H and O–H groups in total. The zero-order valence-electron chi connectivity index (χ0n) is 6.72. The molecule has 0 amide bonds. The fraction of sp³-hybridized carbons (Fsp3) is 0.778. The molecule has 1 aliphatic rings. The van der Waals surface area contributed by atoms with E-state index in [1.54, 1.807) is 0 Å². The Balaban J connectivity index is 2.44. The predicted octanol–water partition coefficient (Wildman–Crippen LogP) is 2.98. The highest BCUT2D eigenvalue weighted by Gasteiger charge is 2.08. The van der Waals surface area contributed by atoms with Crippen LogP contribution in [0.3, 0.4) is 0 Å². The largest absolute Gasteiger partial charge is 0.388 e. The van der Waals surface area contributed by atoms with Gasteiger partial charge in [-0.15, -0.1) is 0 Å². The number of hydrogen-bond acceptors (Lipinski definition) is 1. The summed E-state index contributed by atoms with van der Waals surface area (Å²) < 4.78 is 0.986. The molecule has 0 aliphatic heterocycles. The molecule has 0 fully saturated rings. The molecule has 1 unspecified atom stereocenters. The Labute approximate surface area is 76.6 Å². The molecule has 2 heteroatoms. The van der Waals surface area contributed by atoms with Crippen LogP contribution in [0, 0.1) is 0 Å². The van der Waals surface area contributed by atoms with Crippen molar-refractivity contribution >= 4 is 15.9 Å². The lowest BCUT2D eigenvalue weighted by Gasteiger charge is -2.07. The van der Waals surface area contributed by atoms with Crippen molar-refractivity contribution in [3.8, 4) is 0 Å². The summed E-state index contributed by atoms with van der Waals surface area (Å²) in [5.41, 5.74) is 0. The van der Waals surface area contributed by atoms with E-state index in [2.05, 4.69) is 22.0 Å². The van der Waals surface area contributed by atoms with Crippen molar-refractivity contribution in [2.75, 3.05) is 0 Å². The highest BCUT2D eigenvalue weighted by molar-refractivity contribution is 9.11. The molecular weight excluding hydrogens is 204 g/mol. The van der Waals surface area contributed by atoms with Crippen LogP contribution in [0.5, 0.6) is 0 Å². The first-order valence-corrected chi connectivity index (χ1v) is 5.13. The van der Waals surface area contributed by atoms with Gasteiger partial charge in [-0.2, -0.15) is 0 Å². The smallest absolute Gasteiger partial charge is 0.0851 e. The SMILES string of the molecule is OC1CCCCCCC=C1Br. The summed E-state index contributed by atoms with van der Waals surface area (Å²) in [5.74, 6) is 0. The minimum Gasteiger partial charge on any atom is -0.388 e. The van der Waals surface area contributed by atoms with Crippen molar-refractivity contribution in [3.63, 3.8) is 0 Å². The second-order valence-electron chi connectivity index (χ2n) is 3.10. The summed E-state index contributed by atoms with van der Waals surface area (Å²) in [6.45, 7) is 0. The van der Waals surface area contributed by atoms with Gasteiger partial charge in [-0.25, -0.2) is 0 Å². The maximum Gasteiger partial charge on any atom is 0.0851 e. The molecule has 0 heterocycles. The Morgan fingerprint density at radius 1 is 1.27 bits per heavy atom. The average molecular weight is 219 g/mol. The third kappa shape index (κ3) is 3.39. The van der Waals surface area contributed by atoms with Gasteiger partial charge in [0.1, 0.15) is 0 Å². The van der Waals surface area contributed by atoms with Crippen LogP contribution in [0.4, 0.5) is 0 Å². The van der Waals surface area contributed by atoms with Crippen LogP contribution >= 0.6 is 15.9 Å². The van der Waals surface area contributed by atoms with Gasteiger partial charge in [0.2, 0.25) is 0 Å². The van der Waals surface area contributed by atoms with Crippen LogP contribution in [0.25, 0.3) is 0 Å². The zero-order chi connectivity index (χ0) is 8.10. The first kappa shape index (κ1) is 9.27. The third-order valence-electron chi connectivity index (χ3n) is 2.09. The lowest BCUT2D eigenvalue weighted by atomic mass is 10.1. The van der Waals surface area contributed by atoms with Crippen LogP contribution in [0.2, 0.25) is 0 Å². The molecule has 1 nitrogen and oxygen atoms in total. The quantitative estimate of drug-likeness (QED) is 0.664. The molecule has 0 radical (unpaired) electrons. The summed E-state index contributed by atoms with van der Waals surface area (Å²) in [7, 11) is 0. The zero-order valence-corrected chi connectivity index (χ0v) is 8.31. The van der Waals surface area contributed by atoms with Crippen molar-refractivity contribution in [2.24, 2.45) is 0 Å². The Kier molecular flexibility index (Phi) is 4.16. The normalized spacial score (nSPS) is 28.2. The first-order chi connectivity index (χ1) is 5.30. The van der Waals surface area contributed by atoms with Gasteiger partial charge in [0.25, 0.3) is 0 Å². The van der Waals surface area contributed by atoms with Gasteiger partial charge in [-0.05, 0) is 19.3 Å². The highest BCUT2D eigenvalue weighted by Crippen LogP contribution is 2.21. The Morgan fingerprint density at radius 3 is 2.82 bits per heavy atom. The van der Waals surface area contributed by atoms with E-state index in [9.17, 15) is 5.11 Å². The van der Waals surface area contributed by atoms with Crippen molar-refractivity contribution in [1.82, 2.24) is 0 Å². The van der Waals surface area contributed by atoms with Gasteiger partial charge < -0.3 is 5.11 Å². The standard InChI is InChI=1S/C9H15BrO/c10-8-6-4-2-1-3-5-7-9(8)11/h6,9,11H,1-5,7H2. The molecule has 0 saturated carbocycles. The molecule has 0 spiro atoms. The molecule has 0 aromatic carbocycles. The monoisotopic (exact) mass is 218 g/mol. The number of rotatable bonds is 0. The molecular formula is C9H15BrO. The second-order valence-corrected chi connectivity index (χ2v) is 4.01. The summed E-state index contributed by atoms with van der Waals surface area (Å²) in [6, 6.07) is 0. The molecule has 0 saturated heterocycles. The minimum atomic E-state index is -0.243. The molecule has 0 aromatic heterocycles. The summed E-state index contributed by atoms with van der Waals surface area (Å²) in [6.07, 6.45) is 8.89. The molecule has 1 atom stereocenters. The maximum absolute atomic E-state index is 9.49. The summed E-state index contributed by atoms with van der Waals surface area (Å²) in [4.78, 5) is 0. The maximum atomic E-state index is 9.49. The molecule has 1 rings (SSSR count). The molecule has 0 aromatic rings. The van der Waals surface area contributed by atoms with E-state index in [1.165, 1.54) is 19.3 Å². The van der Waals surface area contributed by atoms with E-state index in [0.29, 0.717) is 0 Å². The number of aliphatic hydroxyl groups excluding tert-OH is 1. The number of hydrogen-bond donors (Lipinski definition) is 1. The minimum absolute atomic E-state index is 0.243. The van der Waals surface area contributed by atoms with Gasteiger partial charge in [0, 0.05) is 4.48 Å². The van der Waals surface area contributed by atoms with Gasteiger partial charge in [0.05, 0.1) is 6.10 Å². The third-order valence-corrected chi connectivity index (χ3v) is 2.94. The predicted molar refractivity (Wildman–Crippen MR) is 50.7 cm³/mol. The molecule has 0 bridgehead atoms. The Hall–Kier alpha value is 0.180. The summed E-state index contributed by atoms with van der Waals surface area (Å²) >= 11 is 3.38. The van der Waals surface area contributed by atoms with Crippen LogP contribution in [-0.2, 0) is 0 Å². The summed E-state index contributed by atoms with van der Waals surface area (Å²) in [5, 5.41) is 9.49. The van der Waals surface area contributed by atoms with Gasteiger partial charge >= 0.3 is 0 Å². The number of halogens is 1. The van der Waals surface area contributed by atoms with Gasteiger partial charge in [-0.3, -0.25) is 0 Å². The van der Waals surface area contributed by atoms with E-state index in [0.717, 1.165) is 23.7 Å². The van der Waals surface area contributed by atoms with E-state index >= 15 is 0 Å². The molecule has 11 heavy (non-hydrogen) atoms. The Morgan fingerprint density at radius 2 is 2.00 bits per heavy atom. The van der Waals surface area contributed by atoms with Crippen LogP contribution < -0.4 is 0 Å². The number of aliphatic hydroxyl groups is 1. The average Bonchev–Trinajstić information content (AvgIpc) is 2.07. The highest BCUT2D eigenvalue weighted by atomic mass is 79.9. The fourth-order valence-electron chi connectivity index (χ4n) is 1.35. The second kappa shape index (κ2) is 4.94. The van der Waals surface area contributed by atoms with E-state index in [4.69, 9.17) is 0 Å². The lowest BCUT2D eigenvalue weighted by molar-refractivity contribution is 0.206. The Bertz CT molecular complexity index is 142. The fourth-order valence-corrected chi connectivity index (χ4v) is 1.81. The number of allylic oxidation sites excluding steroid dienone is 1. The van der Waals surface area contributed by atoms with E-state index in [1.807, 2.05) is 0 Å². The van der Waals surface area contributed by atoms with Gasteiger partial charge in [-0.1, -0.05) is 41.3 Å². The molecule has 1 aliphatic carbocycles. The van der Waals surface area contributed by atoms with Crippen molar-refractivity contribution in [1.29, 1.82) is 0 Å². The van der Waals surface area contributed by atoms with Crippen molar-refractivity contribution in [3.05, 3.63) is 10.6 Å².